The number of carbonyl (C=O) groups excluding carboxylic acids is 1. The number of amides is 1. The minimum Gasteiger partial charge on any atom is -0.494 e. The average molecular weight is 425 g/mol. The van der Waals surface area contributed by atoms with Crippen molar-refractivity contribution in [2.45, 2.75) is 38.6 Å². The van der Waals surface area contributed by atoms with E-state index in [1.165, 1.54) is 0 Å². The van der Waals surface area contributed by atoms with Gasteiger partial charge in [0.25, 0.3) is 0 Å². The molecular formula is C24H25ClN2O3. The summed E-state index contributed by atoms with van der Waals surface area (Å²) < 4.78 is 11.4. The number of rotatable bonds is 7. The van der Waals surface area contributed by atoms with Gasteiger partial charge in [0.2, 0.25) is 5.91 Å². The summed E-state index contributed by atoms with van der Waals surface area (Å²) in [5.74, 6) is 2.16. The van der Waals surface area contributed by atoms with Gasteiger partial charge in [-0.05, 0) is 49.6 Å². The molecule has 1 amide bonds. The highest BCUT2D eigenvalue weighted by atomic mass is 35.5. The fourth-order valence-corrected chi connectivity index (χ4v) is 4.16. The zero-order chi connectivity index (χ0) is 20.9. The minimum absolute atomic E-state index is 0.122. The first-order valence-corrected chi connectivity index (χ1v) is 10.8. The molecule has 1 atom stereocenters. The van der Waals surface area contributed by atoms with E-state index < -0.39 is 0 Å². The van der Waals surface area contributed by atoms with Gasteiger partial charge in [0.05, 0.1) is 23.9 Å². The molecular weight excluding hydrogens is 400 g/mol. The Morgan fingerprint density at radius 3 is 2.80 bits per heavy atom. The third-order valence-corrected chi connectivity index (χ3v) is 5.72. The molecule has 1 fully saturated rings. The van der Waals surface area contributed by atoms with Crippen LogP contribution in [-0.2, 0) is 11.2 Å². The topological polar surface area (TPSA) is 55.6 Å². The van der Waals surface area contributed by atoms with E-state index >= 15 is 0 Å². The first kappa shape index (κ1) is 20.5. The van der Waals surface area contributed by atoms with Gasteiger partial charge in [-0.3, -0.25) is 4.79 Å². The summed E-state index contributed by atoms with van der Waals surface area (Å²) in [6, 6.07) is 15.7. The van der Waals surface area contributed by atoms with Crippen LogP contribution in [0.5, 0.6) is 5.75 Å². The molecule has 2 heterocycles. The third kappa shape index (κ3) is 4.51. The van der Waals surface area contributed by atoms with Crippen LogP contribution >= 0.6 is 11.6 Å². The molecule has 0 radical (unpaired) electrons. The van der Waals surface area contributed by atoms with E-state index in [2.05, 4.69) is 17.1 Å². The van der Waals surface area contributed by atoms with E-state index in [4.69, 9.17) is 20.8 Å². The Morgan fingerprint density at radius 2 is 2.03 bits per heavy atom. The minimum atomic E-state index is 0.122. The van der Waals surface area contributed by atoms with Crippen molar-refractivity contribution in [3.05, 3.63) is 71.2 Å². The van der Waals surface area contributed by atoms with Gasteiger partial charge in [-0.15, -0.1) is 0 Å². The van der Waals surface area contributed by atoms with Crippen molar-refractivity contribution in [3.8, 4) is 17.1 Å². The van der Waals surface area contributed by atoms with Gasteiger partial charge in [-0.25, -0.2) is 4.98 Å². The van der Waals surface area contributed by atoms with Gasteiger partial charge in [-0.2, -0.15) is 0 Å². The van der Waals surface area contributed by atoms with Gasteiger partial charge < -0.3 is 14.1 Å². The van der Waals surface area contributed by atoms with Gasteiger partial charge in [-0.1, -0.05) is 35.9 Å². The van der Waals surface area contributed by atoms with Crippen LogP contribution in [0.3, 0.4) is 0 Å². The highest BCUT2D eigenvalue weighted by Crippen LogP contribution is 2.33. The second kappa shape index (κ2) is 9.35. The summed E-state index contributed by atoms with van der Waals surface area (Å²) in [7, 11) is 0. The normalized spacial score (nSPS) is 16.1. The second-order valence-electron chi connectivity index (χ2n) is 7.35. The van der Waals surface area contributed by atoms with Crippen molar-refractivity contribution in [3.63, 3.8) is 0 Å². The Kier molecular flexibility index (Phi) is 6.38. The largest absolute Gasteiger partial charge is 0.494 e. The number of aromatic nitrogens is 1. The predicted octanol–water partition coefficient (Wildman–Crippen LogP) is 5.69. The number of ether oxygens (including phenoxy) is 1. The standard InChI is InChI=1S/C24H25ClN2O3/c1-2-29-18-11-9-17(10-12-18)21-8-5-15-27(21)24(28)14-13-23-26-16-22(30-23)19-6-3-4-7-20(19)25/h3-4,6-7,9-12,16,21H,2,5,8,13-15H2,1H3. The second-order valence-corrected chi connectivity index (χ2v) is 7.75. The molecule has 0 bridgehead atoms. The smallest absolute Gasteiger partial charge is 0.223 e. The average Bonchev–Trinajstić information content (AvgIpc) is 3.43. The van der Waals surface area contributed by atoms with Crippen LogP contribution in [0.4, 0.5) is 0 Å². The maximum Gasteiger partial charge on any atom is 0.223 e. The number of carbonyl (C=O) groups is 1. The van der Waals surface area contributed by atoms with E-state index in [0.29, 0.717) is 36.1 Å². The van der Waals surface area contributed by atoms with E-state index in [-0.39, 0.29) is 11.9 Å². The molecule has 156 valence electrons. The van der Waals surface area contributed by atoms with Gasteiger partial charge in [0.1, 0.15) is 5.75 Å². The number of nitrogens with zero attached hydrogens (tertiary/aromatic N) is 2. The summed E-state index contributed by atoms with van der Waals surface area (Å²) in [6.45, 7) is 3.40. The van der Waals surface area contributed by atoms with Crippen molar-refractivity contribution in [2.75, 3.05) is 13.2 Å². The lowest BCUT2D eigenvalue weighted by Crippen LogP contribution is -2.30. The van der Waals surface area contributed by atoms with Crippen molar-refractivity contribution < 1.29 is 13.9 Å². The van der Waals surface area contributed by atoms with Crippen molar-refractivity contribution in [1.82, 2.24) is 9.88 Å². The Morgan fingerprint density at radius 1 is 1.23 bits per heavy atom. The molecule has 0 spiro atoms. The Hall–Kier alpha value is -2.79. The van der Waals surface area contributed by atoms with E-state index in [1.54, 1.807) is 6.20 Å². The zero-order valence-electron chi connectivity index (χ0n) is 17.0. The molecule has 2 aromatic carbocycles. The molecule has 0 aliphatic carbocycles. The summed E-state index contributed by atoms with van der Waals surface area (Å²) >= 11 is 6.23. The number of benzene rings is 2. The predicted molar refractivity (Wildman–Crippen MR) is 117 cm³/mol. The fraction of sp³-hybridized carbons (Fsp3) is 0.333. The van der Waals surface area contributed by atoms with Gasteiger partial charge >= 0.3 is 0 Å². The first-order chi connectivity index (χ1) is 14.7. The number of hydrogen-bond donors (Lipinski definition) is 0. The summed E-state index contributed by atoms with van der Waals surface area (Å²) in [6.07, 6.45) is 4.50. The van der Waals surface area contributed by atoms with Gasteiger partial charge in [0.15, 0.2) is 11.7 Å². The Bertz CT molecular complexity index is 1000. The zero-order valence-corrected chi connectivity index (χ0v) is 17.8. The molecule has 6 heteroatoms. The molecule has 1 aromatic heterocycles. The lowest BCUT2D eigenvalue weighted by molar-refractivity contribution is -0.132. The number of hydrogen-bond acceptors (Lipinski definition) is 4. The van der Waals surface area contributed by atoms with E-state index in [9.17, 15) is 4.79 Å². The first-order valence-electron chi connectivity index (χ1n) is 10.4. The van der Waals surface area contributed by atoms with E-state index in [1.807, 2.05) is 48.2 Å². The fourth-order valence-electron chi connectivity index (χ4n) is 3.93. The Labute approximate surface area is 181 Å². The molecule has 1 saturated heterocycles. The van der Waals surface area contributed by atoms with Crippen molar-refractivity contribution in [1.29, 1.82) is 0 Å². The van der Waals surface area contributed by atoms with Crippen LogP contribution in [0, 0.1) is 0 Å². The quantitative estimate of drug-likeness (QED) is 0.488. The SMILES string of the molecule is CCOc1ccc(C2CCCN2C(=O)CCc2ncc(-c3ccccc3Cl)o2)cc1. The number of aryl methyl sites for hydroxylation is 1. The maximum absolute atomic E-state index is 12.9. The molecule has 3 aromatic rings. The highest BCUT2D eigenvalue weighted by molar-refractivity contribution is 6.33. The van der Waals surface area contributed by atoms with Crippen LogP contribution in [0.1, 0.15) is 43.7 Å². The molecule has 4 rings (SSSR count). The van der Waals surface area contributed by atoms with E-state index in [0.717, 1.165) is 36.3 Å². The summed E-state index contributed by atoms with van der Waals surface area (Å²) in [4.78, 5) is 19.2. The highest BCUT2D eigenvalue weighted by Gasteiger charge is 2.29. The Balaban J connectivity index is 1.38. The number of halogens is 1. The third-order valence-electron chi connectivity index (χ3n) is 5.39. The monoisotopic (exact) mass is 424 g/mol. The molecule has 1 aliphatic rings. The van der Waals surface area contributed by atoms with Crippen LogP contribution < -0.4 is 4.74 Å². The molecule has 30 heavy (non-hydrogen) atoms. The van der Waals surface area contributed by atoms with Gasteiger partial charge in [0, 0.05) is 24.9 Å². The lowest BCUT2D eigenvalue weighted by Gasteiger charge is -2.25. The molecule has 5 nitrogen and oxygen atoms in total. The molecule has 0 N–H and O–H groups in total. The van der Waals surface area contributed by atoms with Crippen molar-refractivity contribution in [2.24, 2.45) is 0 Å². The maximum atomic E-state index is 12.9. The van der Waals surface area contributed by atoms with Crippen LogP contribution in [-0.4, -0.2) is 28.9 Å². The summed E-state index contributed by atoms with van der Waals surface area (Å²) in [5.41, 5.74) is 1.96. The molecule has 0 saturated carbocycles. The van der Waals surface area contributed by atoms with Crippen LogP contribution in [0.15, 0.2) is 59.1 Å². The number of oxazole rings is 1. The number of likely N-dealkylation sites (tertiary alicyclic amines) is 1. The molecule has 1 aliphatic heterocycles. The van der Waals surface area contributed by atoms with Crippen LogP contribution in [0.2, 0.25) is 5.02 Å². The van der Waals surface area contributed by atoms with Crippen LogP contribution in [0.25, 0.3) is 11.3 Å². The summed E-state index contributed by atoms with van der Waals surface area (Å²) in [5, 5.41) is 0.617. The molecule has 1 unspecified atom stereocenters. The van der Waals surface area contributed by atoms with Crippen molar-refractivity contribution >= 4 is 17.5 Å². The lowest BCUT2D eigenvalue weighted by atomic mass is 10.0.